The molecule has 0 saturated heterocycles. The van der Waals surface area contributed by atoms with Gasteiger partial charge in [-0.25, -0.2) is 0 Å². The van der Waals surface area contributed by atoms with E-state index >= 15 is 0 Å². The number of benzene rings is 2. The predicted octanol–water partition coefficient (Wildman–Crippen LogP) is 3.04. The Morgan fingerprint density at radius 1 is 0.857 bits per heavy atom. The van der Waals surface area contributed by atoms with Crippen molar-refractivity contribution in [3.05, 3.63) is 65.7 Å². The average Bonchev–Trinajstić information content (AvgIpc) is 2.55. The second-order valence-electron chi connectivity index (χ2n) is 4.88. The minimum atomic E-state index is 0.574. The van der Waals surface area contributed by atoms with Gasteiger partial charge in [-0.15, -0.1) is 0 Å². The van der Waals surface area contributed by atoms with Crippen LogP contribution < -0.4 is 10.1 Å². The van der Waals surface area contributed by atoms with E-state index in [4.69, 9.17) is 9.47 Å². The van der Waals surface area contributed by atoms with E-state index in [1.54, 1.807) is 0 Å². The third-order valence-electron chi connectivity index (χ3n) is 3.19. The second-order valence-corrected chi connectivity index (χ2v) is 4.88. The van der Waals surface area contributed by atoms with Crippen LogP contribution >= 0.6 is 0 Å². The summed E-state index contributed by atoms with van der Waals surface area (Å²) < 4.78 is 11.2. The van der Waals surface area contributed by atoms with Crippen LogP contribution in [0.4, 0.5) is 0 Å². The molecule has 21 heavy (non-hydrogen) atoms. The summed E-state index contributed by atoms with van der Waals surface area (Å²) >= 11 is 0. The molecule has 0 aliphatic rings. The zero-order valence-corrected chi connectivity index (χ0v) is 12.5. The van der Waals surface area contributed by atoms with E-state index in [2.05, 4.69) is 29.6 Å². The van der Waals surface area contributed by atoms with Crippen LogP contribution in [0.2, 0.25) is 0 Å². The van der Waals surface area contributed by atoms with Crippen molar-refractivity contribution in [2.75, 3.05) is 26.8 Å². The molecule has 0 aliphatic heterocycles. The van der Waals surface area contributed by atoms with E-state index in [-0.39, 0.29) is 0 Å². The van der Waals surface area contributed by atoms with Gasteiger partial charge >= 0.3 is 0 Å². The predicted molar refractivity (Wildman–Crippen MR) is 85.7 cm³/mol. The molecule has 2 aromatic carbocycles. The molecule has 0 heterocycles. The Balaban J connectivity index is 1.62. The molecule has 0 fully saturated rings. The topological polar surface area (TPSA) is 30.5 Å². The molecule has 1 N–H and O–H groups in total. The summed E-state index contributed by atoms with van der Waals surface area (Å²) in [6.45, 7) is 2.80. The number of hydrogen-bond donors (Lipinski definition) is 1. The van der Waals surface area contributed by atoms with Gasteiger partial charge in [0.2, 0.25) is 0 Å². The SMILES string of the molecule is CNCCc1ccc(COCCOc2ccccc2)cc1. The molecule has 0 bridgehead atoms. The van der Waals surface area contributed by atoms with E-state index in [1.807, 2.05) is 37.4 Å². The van der Waals surface area contributed by atoms with Crippen molar-refractivity contribution in [2.24, 2.45) is 0 Å². The van der Waals surface area contributed by atoms with E-state index in [0.717, 1.165) is 18.7 Å². The van der Waals surface area contributed by atoms with E-state index in [0.29, 0.717) is 19.8 Å². The Kier molecular flexibility index (Phi) is 6.78. The molecule has 0 amide bonds. The fourth-order valence-corrected chi connectivity index (χ4v) is 2.00. The van der Waals surface area contributed by atoms with Crippen molar-refractivity contribution in [1.29, 1.82) is 0 Å². The normalized spacial score (nSPS) is 10.5. The van der Waals surface area contributed by atoms with Crippen molar-refractivity contribution in [3.63, 3.8) is 0 Å². The molecule has 3 nitrogen and oxygen atoms in total. The molecule has 112 valence electrons. The maximum absolute atomic E-state index is 5.63. The quantitative estimate of drug-likeness (QED) is 0.718. The zero-order chi connectivity index (χ0) is 14.8. The highest BCUT2D eigenvalue weighted by Gasteiger charge is 1.96. The molecule has 2 aromatic rings. The summed E-state index contributed by atoms with van der Waals surface area (Å²) in [5.74, 6) is 0.884. The van der Waals surface area contributed by atoms with Gasteiger partial charge in [0.15, 0.2) is 0 Å². The van der Waals surface area contributed by atoms with Crippen LogP contribution in [0.25, 0.3) is 0 Å². The van der Waals surface area contributed by atoms with Crippen LogP contribution in [0.5, 0.6) is 5.75 Å². The fourth-order valence-electron chi connectivity index (χ4n) is 2.00. The van der Waals surface area contributed by atoms with Crippen molar-refractivity contribution < 1.29 is 9.47 Å². The summed E-state index contributed by atoms with van der Waals surface area (Å²) in [5.41, 5.74) is 2.54. The van der Waals surface area contributed by atoms with Gasteiger partial charge in [-0.05, 0) is 43.3 Å². The molecular formula is C18H23NO2. The van der Waals surface area contributed by atoms with Crippen molar-refractivity contribution in [3.8, 4) is 5.75 Å². The first-order valence-corrected chi connectivity index (χ1v) is 7.36. The number of likely N-dealkylation sites (N-methyl/N-ethyl adjacent to an activating group) is 1. The minimum absolute atomic E-state index is 0.574. The minimum Gasteiger partial charge on any atom is -0.491 e. The first-order valence-electron chi connectivity index (χ1n) is 7.36. The van der Waals surface area contributed by atoms with Crippen LogP contribution in [-0.4, -0.2) is 26.8 Å². The molecule has 3 heteroatoms. The van der Waals surface area contributed by atoms with E-state index < -0.39 is 0 Å². The lowest BCUT2D eigenvalue weighted by Crippen LogP contribution is -2.10. The highest BCUT2D eigenvalue weighted by molar-refractivity contribution is 5.22. The standard InChI is InChI=1S/C18H23NO2/c1-19-12-11-16-7-9-17(10-8-16)15-20-13-14-21-18-5-3-2-4-6-18/h2-10,19H,11-15H2,1H3. The van der Waals surface area contributed by atoms with Crippen LogP contribution in [0.1, 0.15) is 11.1 Å². The second kappa shape index (κ2) is 9.16. The Morgan fingerprint density at radius 3 is 2.29 bits per heavy atom. The lowest BCUT2D eigenvalue weighted by atomic mass is 10.1. The van der Waals surface area contributed by atoms with Gasteiger partial charge in [0.05, 0.1) is 13.2 Å². The zero-order valence-electron chi connectivity index (χ0n) is 12.5. The average molecular weight is 285 g/mol. The Bertz CT molecular complexity index is 496. The van der Waals surface area contributed by atoms with Gasteiger partial charge in [0.25, 0.3) is 0 Å². The van der Waals surface area contributed by atoms with Crippen LogP contribution in [0, 0.1) is 0 Å². The van der Waals surface area contributed by atoms with Gasteiger partial charge in [0, 0.05) is 0 Å². The highest BCUT2D eigenvalue weighted by atomic mass is 16.5. The summed E-state index contributed by atoms with van der Waals surface area (Å²) in [4.78, 5) is 0. The summed E-state index contributed by atoms with van der Waals surface area (Å²) in [7, 11) is 1.97. The van der Waals surface area contributed by atoms with Gasteiger partial charge in [-0.2, -0.15) is 0 Å². The molecule has 0 radical (unpaired) electrons. The summed E-state index contributed by atoms with van der Waals surface area (Å²) in [6, 6.07) is 18.4. The lowest BCUT2D eigenvalue weighted by molar-refractivity contribution is 0.0889. The first-order chi connectivity index (χ1) is 10.4. The van der Waals surface area contributed by atoms with Crippen LogP contribution in [-0.2, 0) is 17.8 Å². The van der Waals surface area contributed by atoms with Gasteiger partial charge in [-0.3, -0.25) is 0 Å². The first kappa shape index (κ1) is 15.5. The molecule has 0 spiro atoms. The molecule has 0 saturated carbocycles. The lowest BCUT2D eigenvalue weighted by Gasteiger charge is -2.08. The van der Waals surface area contributed by atoms with Gasteiger partial charge in [-0.1, -0.05) is 42.5 Å². The molecular weight excluding hydrogens is 262 g/mol. The monoisotopic (exact) mass is 285 g/mol. The van der Waals surface area contributed by atoms with Gasteiger partial charge < -0.3 is 14.8 Å². The fraction of sp³-hybridized carbons (Fsp3) is 0.333. The van der Waals surface area contributed by atoms with Crippen molar-refractivity contribution >= 4 is 0 Å². The Labute approximate surface area is 126 Å². The Morgan fingerprint density at radius 2 is 1.57 bits per heavy atom. The van der Waals surface area contributed by atoms with Gasteiger partial charge in [0.1, 0.15) is 12.4 Å². The maximum atomic E-state index is 5.63. The molecule has 0 aromatic heterocycles. The number of hydrogen-bond acceptors (Lipinski definition) is 3. The maximum Gasteiger partial charge on any atom is 0.119 e. The molecule has 0 atom stereocenters. The van der Waals surface area contributed by atoms with Crippen LogP contribution in [0.15, 0.2) is 54.6 Å². The third-order valence-corrected chi connectivity index (χ3v) is 3.19. The smallest absolute Gasteiger partial charge is 0.119 e. The molecule has 2 rings (SSSR count). The highest BCUT2D eigenvalue weighted by Crippen LogP contribution is 2.09. The number of para-hydroxylation sites is 1. The van der Waals surface area contributed by atoms with Crippen LogP contribution in [0.3, 0.4) is 0 Å². The number of nitrogens with one attached hydrogen (secondary N) is 1. The molecule has 0 aliphatic carbocycles. The van der Waals surface area contributed by atoms with E-state index in [9.17, 15) is 0 Å². The van der Waals surface area contributed by atoms with Crippen molar-refractivity contribution in [2.45, 2.75) is 13.0 Å². The largest absolute Gasteiger partial charge is 0.491 e. The number of ether oxygens (including phenoxy) is 2. The summed E-state index contributed by atoms with van der Waals surface area (Å²) in [5, 5.41) is 3.15. The summed E-state index contributed by atoms with van der Waals surface area (Å²) in [6.07, 6.45) is 1.06. The number of rotatable bonds is 9. The van der Waals surface area contributed by atoms with E-state index in [1.165, 1.54) is 11.1 Å². The third kappa shape index (κ3) is 5.98. The molecule has 0 unspecified atom stereocenters. The van der Waals surface area contributed by atoms with Crippen molar-refractivity contribution in [1.82, 2.24) is 5.32 Å². The Hall–Kier alpha value is -1.84.